The van der Waals surface area contributed by atoms with E-state index in [-0.39, 0.29) is 12.5 Å². The first-order valence-electron chi connectivity index (χ1n) is 7.98. The fraction of sp³-hybridized carbons (Fsp3) is 0.0556. The zero-order chi connectivity index (χ0) is 17.8. The average Bonchev–Trinajstić information content (AvgIpc) is 3.39. The van der Waals surface area contributed by atoms with Gasteiger partial charge in [-0.05, 0) is 24.3 Å². The lowest BCUT2D eigenvalue weighted by atomic mass is 10.2. The minimum absolute atomic E-state index is 0.212. The second-order valence-electron chi connectivity index (χ2n) is 5.51. The fourth-order valence-corrected chi connectivity index (χ4v) is 2.54. The second kappa shape index (κ2) is 6.98. The molecule has 0 saturated carbocycles. The molecule has 0 aliphatic rings. The van der Waals surface area contributed by atoms with Crippen LogP contribution < -0.4 is 5.32 Å². The molecule has 1 aromatic carbocycles. The molecule has 0 fully saturated rings. The Labute approximate surface area is 149 Å². The summed E-state index contributed by atoms with van der Waals surface area (Å²) < 4.78 is 3.58. The van der Waals surface area contributed by atoms with Crippen molar-refractivity contribution >= 4 is 5.91 Å². The number of amides is 1. The summed E-state index contributed by atoms with van der Waals surface area (Å²) in [5.74, 6) is 1.06. The van der Waals surface area contributed by atoms with Crippen LogP contribution in [0.1, 0.15) is 16.2 Å². The van der Waals surface area contributed by atoms with Crippen LogP contribution in [0.2, 0.25) is 0 Å². The summed E-state index contributed by atoms with van der Waals surface area (Å²) in [4.78, 5) is 20.7. The first kappa shape index (κ1) is 15.7. The van der Waals surface area contributed by atoms with Gasteiger partial charge in [0.05, 0.1) is 6.54 Å². The molecular weight excluding hydrogens is 330 g/mol. The maximum Gasteiger partial charge on any atom is 0.251 e. The molecule has 26 heavy (non-hydrogen) atoms. The summed E-state index contributed by atoms with van der Waals surface area (Å²) in [5, 5.41) is 10.9. The first-order valence-corrected chi connectivity index (χ1v) is 7.98. The van der Waals surface area contributed by atoms with Crippen molar-refractivity contribution in [3.63, 3.8) is 0 Å². The number of aromatic nitrogens is 6. The lowest BCUT2D eigenvalue weighted by Gasteiger charge is -2.08. The summed E-state index contributed by atoms with van der Waals surface area (Å²) in [6, 6.07) is 13.1. The van der Waals surface area contributed by atoms with Crippen LogP contribution in [0, 0.1) is 0 Å². The standard InChI is InChI=1S/C18H15N7O/c26-18(14-6-7-20-16(10-14)24-9-8-19-12-24)21-11-17-23-22-13-25(17)15-4-2-1-3-5-15/h1-10,12-13H,11H2,(H,21,26). The molecule has 0 aliphatic carbocycles. The molecule has 3 aromatic heterocycles. The molecule has 1 N–H and O–H groups in total. The average molecular weight is 345 g/mol. The number of pyridine rings is 1. The SMILES string of the molecule is O=C(NCc1nncn1-c1ccccc1)c1ccnc(-n2ccnc2)c1. The van der Waals surface area contributed by atoms with E-state index in [2.05, 4.69) is 25.5 Å². The number of carbonyl (C=O) groups excluding carboxylic acids is 1. The van der Waals surface area contributed by atoms with E-state index in [1.54, 1.807) is 47.9 Å². The Morgan fingerprint density at radius 3 is 2.77 bits per heavy atom. The Balaban J connectivity index is 1.49. The Kier molecular flexibility index (Phi) is 4.21. The number of benzene rings is 1. The van der Waals surface area contributed by atoms with Gasteiger partial charge in [0.15, 0.2) is 5.82 Å². The Hall–Kier alpha value is -3.81. The van der Waals surface area contributed by atoms with Gasteiger partial charge in [0, 0.05) is 29.8 Å². The minimum atomic E-state index is -0.212. The lowest BCUT2D eigenvalue weighted by Crippen LogP contribution is -2.24. The second-order valence-corrected chi connectivity index (χ2v) is 5.51. The number of hydrogen-bond acceptors (Lipinski definition) is 5. The van der Waals surface area contributed by atoms with Crippen molar-refractivity contribution in [1.82, 2.24) is 34.6 Å². The van der Waals surface area contributed by atoms with E-state index in [9.17, 15) is 4.79 Å². The number of imidazole rings is 1. The van der Waals surface area contributed by atoms with Crippen molar-refractivity contribution in [2.75, 3.05) is 0 Å². The molecule has 8 nitrogen and oxygen atoms in total. The maximum absolute atomic E-state index is 12.5. The topological polar surface area (TPSA) is 90.5 Å². The lowest BCUT2D eigenvalue weighted by molar-refractivity contribution is 0.0949. The van der Waals surface area contributed by atoms with E-state index in [4.69, 9.17) is 0 Å². The van der Waals surface area contributed by atoms with Gasteiger partial charge in [0.2, 0.25) is 0 Å². The third-order valence-electron chi connectivity index (χ3n) is 3.84. The van der Waals surface area contributed by atoms with Crippen molar-refractivity contribution in [2.45, 2.75) is 6.54 Å². The van der Waals surface area contributed by atoms with Crippen LogP contribution in [0.3, 0.4) is 0 Å². The molecule has 0 bridgehead atoms. The van der Waals surface area contributed by atoms with Gasteiger partial charge in [0.25, 0.3) is 5.91 Å². The highest BCUT2D eigenvalue weighted by Crippen LogP contribution is 2.10. The van der Waals surface area contributed by atoms with E-state index in [0.717, 1.165) is 5.69 Å². The zero-order valence-corrected chi connectivity index (χ0v) is 13.7. The van der Waals surface area contributed by atoms with Gasteiger partial charge in [0.1, 0.15) is 18.5 Å². The van der Waals surface area contributed by atoms with Crippen molar-refractivity contribution in [2.24, 2.45) is 0 Å². The zero-order valence-electron chi connectivity index (χ0n) is 13.7. The maximum atomic E-state index is 12.5. The van der Waals surface area contributed by atoms with E-state index in [0.29, 0.717) is 17.2 Å². The van der Waals surface area contributed by atoms with Crippen molar-refractivity contribution in [1.29, 1.82) is 0 Å². The summed E-state index contributed by atoms with van der Waals surface area (Å²) in [6.07, 6.45) is 8.28. The molecule has 0 aliphatic heterocycles. The van der Waals surface area contributed by atoms with Crippen LogP contribution in [0.25, 0.3) is 11.5 Å². The predicted octanol–water partition coefficient (Wildman–Crippen LogP) is 1.78. The molecule has 0 saturated heterocycles. The molecular formula is C18H15N7O. The summed E-state index contributed by atoms with van der Waals surface area (Å²) in [6.45, 7) is 0.260. The summed E-state index contributed by atoms with van der Waals surface area (Å²) >= 11 is 0. The number of nitrogens with one attached hydrogen (secondary N) is 1. The Morgan fingerprint density at radius 2 is 1.96 bits per heavy atom. The molecule has 0 unspecified atom stereocenters. The van der Waals surface area contributed by atoms with E-state index in [1.807, 2.05) is 34.9 Å². The molecule has 4 aromatic rings. The van der Waals surface area contributed by atoms with Crippen LogP contribution in [0.15, 0.2) is 73.7 Å². The van der Waals surface area contributed by atoms with Gasteiger partial charge in [-0.25, -0.2) is 9.97 Å². The quantitative estimate of drug-likeness (QED) is 0.595. The van der Waals surface area contributed by atoms with E-state index >= 15 is 0 Å². The number of hydrogen-bond donors (Lipinski definition) is 1. The van der Waals surface area contributed by atoms with Crippen LogP contribution in [-0.2, 0) is 6.54 Å². The third-order valence-corrected chi connectivity index (χ3v) is 3.84. The summed E-state index contributed by atoms with van der Waals surface area (Å²) in [5.41, 5.74) is 1.45. The Bertz CT molecular complexity index is 1010. The molecule has 3 heterocycles. The van der Waals surface area contributed by atoms with Crippen LogP contribution in [0.4, 0.5) is 0 Å². The highest BCUT2D eigenvalue weighted by atomic mass is 16.1. The monoisotopic (exact) mass is 345 g/mol. The molecule has 1 amide bonds. The number of nitrogens with zero attached hydrogens (tertiary/aromatic N) is 6. The van der Waals surface area contributed by atoms with Gasteiger partial charge in [-0.2, -0.15) is 0 Å². The molecule has 0 atom stereocenters. The number of rotatable bonds is 5. The highest BCUT2D eigenvalue weighted by Gasteiger charge is 2.11. The van der Waals surface area contributed by atoms with Gasteiger partial charge in [-0.15, -0.1) is 10.2 Å². The fourth-order valence-electron chi connectivity index (χ4n) is 2.54. The molecule has 0 radical (unpaired) electrons. The van der Waals surface area contributed by atoms with Crippen molar-refractivity contribution in [3.8, 4) is 11.5 Å². The highest BCUT2D eigenvalue weighted by molar-refractivity contribution is 5.94. The number of carbonyl (C=O) groups is 1. The van der Waals surface area contributed by atoms with E-state index in [1.165, 1.54) is 0 Å². The third kappa shape index (κ3) is 3.20. The van der Waals surface area contributed by atoms with Gasteiger partial charge < -0.3 is 5.32 Å². The van der Waals surface area contributed by atoms with E-state index < -0.39 is 0 Å². The van der Waals surface area contributed by atoms with Crippen LogP contribution in [-0.4, -0.2) is 35.2 Å². The normalized spacial score (nSPS) is 10.6. The molecule has 4 rings (SSSR count). The smallest absolute Gasteiger partial charge is 0.251 e. The first-order chi connectivity index (χ1) is 12.8. The minimum Gasteiger partial charge on any atom is -0.345 e. The predicted molar refractivity (Wildman–Crippen MR) is 93.9 cm³/mol. The number of para-hydroxylation sites is 1. The summed E-state index contributed by atoms with van der Waals surface area (Å²) in [7, 11) is 0. The van der Waals surface area contributed by atoms with Crippen molar-refractivity contribution < 1.29 is 4.79 Å². The molecule has 8 heteroatoms. The van der Waals surface area contributed by atoms with Crippen molar-refractivity contribution in [3.05, 3.63) is 85.1 Å². The van der Waals surface area contributed by atoms with Crippen LogP contribution >= 0.6 is 0 Å². The molecule has 128 valence electrons. The van der Waals surface area contributed by atoms with Gasteiger partial charge >= 0.3 is 0 Å². The van der Waals surface area contributed by atoms with Gasteiger partial charge in [-0.3, -0.25) is 13.9 Å². The molecule has 0 spiro atoms. The van der Waals surface area contributed by atoms with Gasteiger partial charge in [-0.1, -0.05) is 18.2 Å². The largest absolute Gasteiger partial charge is 0.345 e. The Morgan fingerprint density at radius 1 is 1.08 bits per heavy atom. The van der Waals surface area contributed by atoms with Crippen LogP contribution in [0.5, 0.6) is 0 Å².